The van der Waals surface area contributed by atoms with Crippen molar-refractivity contribution < 1.29 is 31.4 Å². The van der Waals surface area contributed by atoms with E-state index >= 15 is 4.39 Å². The van der Waals surface area contributed by atoms with Crippen molar-refractivity contribution in [2.75, 3.05) is 49.2 Å². The lowest BCUT2D eigenvalue weighted by molar-refractivity contribution is -0.137. The molecule has 0 saturated carbocycles. The Balaban J connectivity index is 1.43. The topological polar surface area (TPSA) is 129 Å². The van der Waals surface area contributed by atoms with Crippen LogP contribution in [0.3, 0.4) is 0 Å². The van der Waals surface area contributed by atoms with Crippen LogP contribution in [0.1, 0.15) is 43.4 Å². The number of nitrogen functional groups attached to an aromatic ring is 2. The third-order valence-corrected chi connectivity index (χ3v) is 9.70. The van der Waals surface area contributed by atoms with Crippen molar-refractivity contribution in [3.05, 3.63) is 52.4 Å². The van der Waals surface area contributed by atoms with Gasteiger partial charge in [-0.3, -0.25) is 4.90 Å². The number of fused-ring (bicyclic) bond motifs is 1. The summed E-state index contributed by atoms with van der Waals surface area (Å²) in [5, 5.41) is -0.508. The molecule has 2 saturated heterocycles. The quantitative estimate of drug-likeness (QED) is 0.186. The minimum Gasteiger partial charge on any atom is -0.475 e. The zero-order chi connectivity index (χ0) is 33.2. The first kappa shape index (κ1) is 31.4. The number of aromatic nitrogens is 4. The minimum absolute atomic E-state index is 0.00300. The first-order valence-electron chi connectivity index (χ1n) is 15.1. The summed E-state index contributed by atoms with van der Waals surface area (Å²) in [7, 11) is 0. The minimum atomic E-state index is -4.92. The van der Waals surface area contributed by atoms with Crippen molar-refractivity contribution in [2.24, 2.45) is 0 Å². The normalized spacial score (nSPS) is 21.9. The number of nitrogens with zero attached hydrogens (tertiary/aromatic N) is 6. The van der Waals surface area contributed by atoms with Crippen LogP contribution < -0.4 is 25.8 Å². The molecule has 1 aromatic carbocycles. The van der Waals surface area contributed by atoms with Crippen molar-refractivity contribution in [1.29, 1.82) is 0 Å². The predicted molar refractivity (Wildman–Crippen MR) is 166 cm³/mol. The van der Waals surface area contributed by atoms with Crippen LogP contribution in [-0.2, 0) is 6.18 Å². The van der Waals surface area contributed by atoms with Crippen molar-refractivity contribution in [3.63, 3.8) is 0 Å². The largest absolute Gasteiger partial charge is 0.475 e. The Bertz CT molecular complexity index is 1880. The molecule has 2 fully saturated rings. The molecule has 3 atom stereocenters. The van der Waals surface area contributed by atoms with Gasteiger partial charge in [-0.2, -0.15) is 23.1 Å². The van der Waals surface area contributed by atoms with E-state index in [0.717, 1.165) is 19.0 Å². The third kappa shape index (κ3) is 5.29. The molecule has 3 aliphatic rings. The van der Waals surface area contributed by atoms with Gasteiger partial charge in [-0.25, -0.2) is 18.7 Å². The van der Waals surface area contributed by atoms with Crippen LogP contribution >= 0.6 is 11.6 Å². The van der Waals surface area contributed by atoms with Gasteiger partial charge in [-0.15, -0.1) is 0 Å². The van der Waals surface area contributed by atoms with Crippen molar-refractivity contribution >= 4 is 39.8 Å². The molecule has 47 heavy (non-hydrogen) atoms. The molecule has 0 bridgehead atoms. The fraction of sp³-hybridized carbons (Fsp3) is 0.419. The number of nitrogens with two attached hydrogens (primary N) is 2. The molecule has 3 aliphatic heterocycles. The summed E-state index contributed by atoms with van der Waals surface area (Å²) >= 11 is 6.31. The molecular weight excluding hydrogens is 647 g/mol. The molecule has 7 rings (SSSR count). The van der Waals surface area contributed by atoms with Crippen LogP contribution in [0.15, 0.2) is 30.5 Å². The molecule has 4 N–H and O–H groups in total. The van der Waals surface area contributed by atoms with Crippen molar-refractivity contribution in [1.82, 2.24) is 24.8 Å². The predicted octanol–water partition coefficient (Wildman–Crippen LogP) is 5.98. The highest BCUT2D eigenvalue weighted by molar-refractivity contribution is 6.36. The van der Waals surface area contributed by atoms with E-state index in [1.54, 1.807) is 23.2 Å². The number of pyridine rings is 2. The molecule has 4 aromatic rings. The highest BCUT2D eigenvalue weighted by Gasteiger charge is 2.49. The highest BCUT2D eigenvalue weighted by Crippen LogP contribution is 2.48. The summed E-state index contributed by atoms with van der Waals surface area (Å²) in [5.74, 6) is -0.976. The Morgan fingerprint density at radius 1 is 1.17 bits per heavy atom. The number of hydrogen-bond donors (Lipinski definition) is 2. The Morgan fingerprint density at radius 2 is 1.98 bits per heavy atom. The van der Waals surface area contributed by atoms with Crippen LogP contribution in [-0.4, -0.2) is 69.4 Å². The molecule has 0 amide bonds. The summed E-state index contributed by atoms with van der Waals surface area (Å²) < 4.78 is 86.0. The third-order valence-electron chi connectivity index (χ3n) is 9.29. The van der Waals surface area contributed by atoms with E-state index in [0.29, 0.717) is 18.1 Å². The lowest BCUT2D eigenvalue weighted by Crippen LogP contribution is -2.43. The second-order valence-corrected chi connectivity index (χ2v) is 12.5. The molecular formula is C31H30ClF5N8O2. The summed E-state index contributed by atoms with van der Waals surface area (Å²) in [6.07, 6.45) is -2.55. The van der Waals surface area contributed by atoms with E-state index in [-0.39, 0.29) is 67.3 Å². The van der Waals surface area contributed by atoms with E-state index in [4.69, 9.17) is 32.5 Å². The fourth-order valence-corrected chi connectivity index (χ4v) is 7.28. The Kier molecular flexibility index (Phi) is 7.66. The smallest absolute Gasteiger partial charge is 0.417 e. The number of benzene rings is 1. The van der Waals surface area contributed by atoms with E-state index in [9.17, 15) is 17.6 Å². The Morgan fingerprint density at radius 3 is 2.74 bits per heavy atom. The van der Waals surface area contributed by atoms with Crippen LogP contribution in [0, 0.1) is 5.82 Å². The van der Waals surface area contributed by atoms with Gasteiger partial charge < -0.3 is 25.8 Å². The van der Waals surface area contributed by atoms with E-state index in [1.165, 1.54) is 0 Å². The summed E-state index contributed by atoms with van der Waals surface area (Å²) in [6.45, 7) is 3.09. The molecule has 10 nitrogen and oxygen atoms in total. The van der Waals surface area contributed by atoms with Gasteiger partial charge in [-0.05, 0) is 44.5 Å². The maximum Gasteiger partial charge on any atom is 0.417 e. The summed E-state index contributed by atoms with van der Waals surface area (Å²) in [5.41, 5.74) is 8.82. The molecule has 0 radical (unpaired) electrons. The number of rotatable bonds is 6. The number of ether oxygens (including phenoxy) is 2. The lowest BCUT2D eigenvalue weighted by atomic mass is 9.95. The Hall–Kier alpha value is -4.24. The van der Waals surface area contributed by atoms with Gasteiger partial charge in [0.1, 0.15) is 47.6 Å². The monoisotopic (exact) mass is 676 g/mol. The average molecular weight is 677 g/mol. The second-order valence-electron chi connectivity index (χ2n) is 12.1. The zero-order valence-electron chi connectivity index (χ0n) is 25.1. The van der Waals surface area contributed by atoms with Gasteiger partial charge in [0, 0.05) is 30.3 Å². The molecule has 0 spiro atoms. The molecule has 6 heterocycles. The second kappa shape index (κ2) is 11.5. The number of alkyl halides is 4. The van der Waals surface area contributed by atoms with E-state index < -0.39 is 57.1 Å². The van der Waals surface area contributed by atoms with Crippen molar-refractivity contribution in [3.8, 4) is 23.1 Å². The van der Waals surface area contributed by atoms with Gasteiger partial charge in [0.15, 0.2) is 5.82 Å². The standard InChI is InChI=1S/C31H30ClF5N8O2/c1-15(17-4-2-8-40-26(17)39)45-10-11-46-28-21-25(23(34)24(41-28)20-18(31(35,36)37)5-6-19(38)22(20)32)42-29(43-27(21)45)47-14-30-7-3-9-44(30)13-16(33)12-30/h2,4-6,8,15-16H,3,7,9-14,38H2,1H3,(H2,39,40)/t15-,16-,30-/m1/s1. The number of hydrogen-bond acceptors (Lipinski definition) is 10. The molecule has 0 aliphatic carbocycles. The van der Waals surface area contributed by atoms with Crippen LogP contribution in [0.4, 0.5) is 39.3 Å². The first-order chi connectivity index (χ1) is 22.4. The molecule has 248 valence electrons. The van der Waals surface area contributed by atoms with Crippen LogP contribution in [0.25, 0.3) is 22.2 Å². The molecule has 0 unspecified atom stereocenters. The average Bonchev–Trinajstić information content (AvgIpc) is 3.48. The SMILES string of the molecule is C[C@H](c1cccnc1N)N1CCOc2nc(-c3c(C(F)(F)F)ccc(N)c3Cl)c(F)c3nc(OC[C@]45CCCN4C[C@H](F)C5)nc1c23. The van der Waals surface area contributed by atoms with Crippen LogP contribution in [0.5, 0.6) is 11.9 Å². The number of halogens is 6. The van der Waals surface area contributed by atoms with Gasteiger partial charge >= 0.3 is 12.2 Å². The fourth-order valence-electron chi connectivity index (χ4n) is 7.03. The van der Waals surface area contributed by atoms with E-state index in [1.807, 2.05) is 11.8 Å². The molecule has 16 heteroatoms. The lowest BCUT2D eigenvalue weighted by Gasteiger charge is -2.32. The maximum absolute atomic E-state index is 16.8. The Labute approximate surface area is 270 Å². The number of anilines is 3. The van der Waals surface area contributed by atoms with Gasteiger partial charge in [-0.1, -0.05) is 17.7 Å². The van der Waals surface area contributed by atoms with Gasteiger partial charge in [0.25, 0.3) is 0 Å². The summed E-state index contributed by atoms with van der Waals surface area (Å²) in [4.78, 5) is 21.3. The zero-order valence-corrected chi connectivity index (χ0v) is 25.9. The van der Waals surface area contributed by atoms with Gasteiger partial charge in [0.05, 0.1) is 34.4 Å². The highest BCUT2D eigenvalue weighted by atomic mass is 35.5. The van der Waals surface area contributed by atoms with Crippen molar-refractivity contribution in [2.45, 2.75) is 50.1 Å². The van der Waals surface area contributed by atoms with Crippen LogP contribution in [0.2, 0.25) is 5.02 Å². The maximum atomic E-state index is 16.8. The molecule has 3 aromatic heterocycles. The summed E-state index contributed by atoms with van der Waals surface area (Å²) in [6, 6.07) is 4.51. The first-order valence-corrected chi connectivity index (χ1v) is 15.4. The van der Waals surface area contributed by atoms with Gasteiger partial charge in [0.2, 0.25) is 5.88 Å². The van der Waals surface area contributed by atoms with E-state index in [2.05, 4.69) is 19.9 Å².